The quantitative estimate of drug-likeness (QED) is 0.331. The fraction of sp³-hybridized carbons (Fsp3) is 0.214. The Morgan fingerprint density at radius 2 is 1.52 bits per heavy atom. The van der Waals surface area contributed by atoms with Gasteiger partial charge in [-0.3, -0.25) is 4.90 Å². The van der Waals surface area contributed by atoms with Crippen molar-refractivity contribution in [3.05, 3.63) is 96.6 Å². The summed E-state index contributed by atoms with van der Waals surface area (Å²) in [6.45, 7) is 5.12. The summed E-state index contributed by atoms with van der Waals surface area (Å²) in [4.78, 5) is 6.16. The molecule has 1 aliphatic heterocycles. The van der Waals surface area contributed by atoms with Crippen LogP contribution in [0.2, 0.25) is 0 Å². The SMILES string of the molecule is COc1ccccc1N1CCN(Cc2ccc(NSc3ccc4ccccc4c3)cc2)CC1. The third-order valence-electron chi connectivity index (χ3n) is 6.17. The molecule has 0 bridgehead atoms. The Morgan fingerprint density at radius 3 is 2.30 bits per heavy atom. The highest BCUT2D eigenvalue weighted by Crippen LogP contribution is 2.29. The standard InChI is InChI=1S/C28H29N3OS/c1-32-28-9-5-4-8-27(28)31-18-16-30(17-19-31)21-22-10-13-25(14-11-22)29-33-26-15-12-23-6-2-3-7-24(23)20-26/h2-15,20,29H,16-19,21H2,1H3. The molecular weight excluding hydrogens is 426 g/mol. The van der Waals surface area contributed by atoms with E-state index in [4.69, 9.17) is 4.74 Å². The van der Waals surface area contributed by atoms with E-state index in [2.05, 4.69) is 93.4 Å². The minimum atomic E-state index is 0.954. The monoisotopic (exact) mass is 455 g/mol. The highest BCUT2D eigenvalue weighted by Gasteiger charge is 2.19. The molecule has 1 fully saturated rings. The molecule has 0 aliphatic carbocycles. The number of ether oxygens (including phenoxy) is 1. The van der Waals surface area contributed by atoms with Crippen LogP contribution in [0.1, 0.15) is 5.56 Å². The molecule has 4 aromatic carbocycles. The van der Waals surface area contributed by atoms with Gasteiger partial charge in [0.25, 0.3) is 0 Å². The van der Waals surface area contributed by atoms with Gasteiger partial charge in [-0.25, -0.2) is 0 Å². The number of fused-ring (bicyclic) bond motifs is 1. The smallest absolute Gasteiger partial charge is 0.142 e. The Balaban J connectivity index is 1.13. The summed E-state index contributed by atoms with van der Waals surface area (Å²) in [5, 5.41) is 2.54. The van der Waals surface area contributed by atoms with Gasteiger partial charge >= 0.3 is 0 Å². The number of piperazine rings is 1. The number of nitrogens with one attached hydrogen (secondary N) is 1. The van der Waals surface area contributed by atoms with E-state index < -0.39 is 0 Å². The van der Waals surface area contributed by atoms with Gasteiger partial charge in [-0.1, -0.05) is 54.6 Å². The van der Waals surface area contributed by atoms with Crippen molar-refractivity contribution in [2.45, 2.75) is 11.4 Å². The van der Waals surface area contributed by atoms with Gasteiger partial charge in [-0.15, -0.1) is 0 Å². The van der Waals surface area contributed by atoms with Crippen molar-refractivity contribution in [2.24, 2.45) is 0 Å². The minimum Gasteiger partial charge on any atom is -0.495 e. The second-order valence-corrected chi connectivity index (χ2v) is 9.22. The molecule has 1 N–H and O–H groups in total. The molecule has 1 heterocycles. The maximum Gasteiger partial charge on any atom is 0.142 e. The zero-order valence-electron chi connectivity index (χ0n) is 18.9. The summed E-state index contributed by atoms with van der Waals surface area (Å²) in [7, 11) is 1.74. The number of hydrogen-bond donors (Lipinski definition) is 1. The van der Waals surface area contributed by atoms with Crippen LogP contribution < -0.4 is 14.4 Å². The first-order chi connectivity index (χ1) is 16.3. The second kappa shape index (κ2) is 10.2. The first-order valence-corrected chi connectivity index (χ1v) is 12.2. The van der Waals surface area contributed by atoms with Crippen LogP contribution >= 0.6 is 11.9 Å². The van der Waals surface area contributed by atoms with Crippen molar-refractivity contribution >= 4 is 34.1 Å². The molecular formula is C28H29N3OS. The molecule has 0 saturated carbocycles. The van der Waals surface area contributed by atoms with Crippen LogP contribution in [0, 0.1) is 0 Å². The van der Waals surface area contributed by atoms with E-state index in [-0.39, 0.29) is 0 Å². The van der Waals surface area contributed by atoms with Crippen LogP contribution in [0.5, 0.6) is 5.75 Å². The highest BCUT2D eigenvalue weighted by molar-refractivity contribution is 8.00. The zero-order valence-corrected chi connectivity index (χ0v) is 19.7. The predicted octanol–water partition coefficient (Wildman–Crippen LogP) is 6.29. The molecule has 0 spiro atoms. The van der Waals surface area contributed by atoms with Crippen molar-refractivity contribution in [2.75, 3.05) is 42.9 Å². The average Bonchev–Trinajstić information content (AvgIpc) is 2.88. The van der Waals surface area contributed by atoms with E-state index in [0.29, 0.717) is 0 Å². The van der Waals surface area contributed by atoms with Gasteiger partial charge in [-0.2, -0.15) is 0 Å². The summed E-state index contributed by atoms with van der Waals surface area (Å²) in [6, 6.07) is 32.1. The van der Waals surface area contributed by atoms with Crippen molar-refractivity contribution < 1.29 is 4.74 Å². The van der Waals surface area contributed by atoms with Crippen LogP contribution in [0.4, 0.5) is 11.4 Å². The van der Waals surface area contributed by atoms with E-state index in [1.54, 1.807) is 19.1 Å². The van der Waals surface area contributed by atoms with Crippen LogP contribution in [-0.4, -0.2) is 38.2 Å². The lowest BCUT2D eigenvalue weighted by molar-refractivity contribution is 0.249. The zero-order chi connectivity index (χ0) is 22.5. The summed E-state index contributed by atoms with van der Waals surface area (Å²) in [5.74, 6) is 0.954. The van der Waals surface area contributed by atoms with Crippen LogP contribution in [-0.2, 0) is 6.54 Å². The van der Waals surface area contributed by atoms with Crippen molar-refractivity contribution in [1.82, 2.24) is 4.90 Å². The average molecular weight is 456 g/mol. The summed E-state index contributed by atoms with van der Waals surface area (Å²) in [6.07, 6.45) is 0. The van der Waals surface area contributed by atoms with Crippen molar-refractivity contribution in [3.8, 4) is 5.75 Å². The maximum absolute atomic E-state index is 5.54. The second-order valence-electron chi connectivity index (χ2n) is 8.35. The third-order valence-corrected chi connectivity index (χ3v) is 6.99. The van der Waals surface area contributed by atoms with Gasteiger partial charge in [0.05, 0.1) is 12.8 Å². The molecule has 4 aromatic rings. The Labute approximate surface area is 200 Å². The van der Waals surface area contributed by atoms with Gasteiger partial charge in [-0.05, 0) is 64.7 Å². The van der Waals surface area contributed by atoms with Crippen LogP contribution in [0.3, 0.4) is 0 Å². The lowest BCUT2D eigenvalue weighted by Gasteiger charge is -2.36. The van der Waals surface area contributed by atoms with E-state index in [0.717, 1.165) is 44.2 Å². The van der Waals surface area contributed by atoms with Crippen LogP contribution in [0.15, 0.2) is 95.9 Å². The van der Waals surface area contributed by atoms with Gasteiger partial charge in [0, 0.05) is 43.3 Å². The minimum absolute atomic E-state index is 0.954. The van der Waals surface area contributed by atoms with Gasteiger partial charge < -0.3 is 14.4 Å². The molecule has 0 radical (unpaired) electrons. The Morgan fingerprint density at radius 1 is 0.788 bits per heavy atom. The molecule has 5 heteroatoms. The largest absolute Gasteiger partial charge is 0.495 e. The summed E-state index contributed by atoms with van der Waals surface area (Å²) < 4.78 is 9.01. The molecule has 4 nitrogen and oxygen atoms in total. The molecule has 168 valence electrons. The van der Waals surface area contributed by atoms with Gasteiger partial charge in [0.2, 0.25) is 0 Å². The molecule has 0 aromatic heterocycles. The Hall–Kier alpha value is -3.15. The first-order valence-electron chi connectivity index (χ1n) is 11.4. The number of anilines is 2. The molecule has 1 aliphatic rings. The predicted molar refractivity (Wildman–Crippen MR) is 140 cm³/mol. The topological polar surface area (TPSA) is 27.7 Å². The number of methoxy groups -OCH3 is 1. The Bertz CT molecular complexity index is 1200. The molecule has 1 saturated heterocycles. The molecule has 0 atom stereocenters. The van der Waals surface area contributed by atoms with Gasteiger partial charge in [0.1, 0.15) is 5.75 Å². The fourth-order valence-electron chi connectivity index (χ4n) is 4.32. The molecule has 5 rings (SSSR count). The Kier molecular flexibility index (Phi) is 6.70. The number of benzene rings is 4. The van der Waals surface area contributed by atoms with Crippen LogP contribution in [0.25, 0.3) is 10.8 Å². The number of rotatable bonds is 7. The van der Waals surface area contributed by atoms with Gasteiger partial charge in [0.15, 0.2) is 0 Å². The fourth-order valence-corrected chi connectivity index (χ4v) is 5.02. The van der Waals surface area contributed by atoms with E-state index in [1.807, 2.05) is 12.1 Å². The summed E-state index contributed by atoms with van der Waals surface area (Å²) >= 11 is 1.65. The van der Waals surface area contributed by atoms with E-state index in [1.165, 1.54) is 26.9 Å². The molecule has 0 amide bonds. The van der Waals surface area contributed by atoms with E-state index >= 15 is 0 Å². The maximum atomic E-state index is 5.54. The number of para-hydroxylation sites is 2. The molecule has 0 unspecified atom stereocenters. The third kappa shape index (κ3) is 5.27. The first kappa shape index (κ1) is 21.7. The van der Waals surface area contributed by atoms with Crippen molar-refractivity contribution in [3.63, 3.8) is 0 Å². The van der Waals surface area contributed by atoms with Crippen molar-refractivity contribution in [1.29, 1.82) is 0 Å². The normalized spacial score (nSPS) is 14.4. The lowest BCUT2D eigenvalue weighted by Crippen LogP contribution is -2.46. The number of hydrogen-bond acceptors (Lipinski definition) is 5. The number of nitrogens with zero attached hydrogens (tertiary/aromatic N) is 2. The lowest BCUT2D eigenvalue weighted by atomic mass is 10.1. The highest BCUT2D eigenvalue weighted by atomic mass is 32.2. The molecule has 33 heavy (non-hydrogen) atoms. The summed E-state index contributed by atoms with van der Waals surface area (Å²) in [5.41, 5.74) is 3.67. The van der Waals surface area contributed by atoms with E-state index in [9.17, 15) is 0 Å².